The molecule has 1 saturated heterocycles. The van der Waals surface area contributed by atoms with Crippen molar-refractivity contribution in [2.75, 3.05) is 6.61 Å². The zero-order valence-electron chi connectivity index (χ0n) is 13.7. The van der Waals surface area contributed by atoms with Crippen LogP contribution in [0, 0.1) is 0 Å². The second-order valence-electron chi connectivity index (χ2n) is 5.09. The van der Waals surface area contributed by atoms with Gasteiger partial charge >= 0.3 is 23.9 Å². The van der Waals surface area contributed by atoms with Gasteiger partial charge in [0.15, 0.2) is 24.6 Å². The Labute approximate surface area is 137 Å². The fourth-order valence-corrected chi connectivity index (χ4v) is 2.22. The lowest BCUT2D eigenvalue weighted by Gasteiger charge is -2.27. The topological polar surface area (TPSA) is 135 Å². The minimum atomic E-state index is -1.61. The van der Waals surface area contributed by atoms with Crippen LogP contribution in [0.4, 0.5) is 0 Å². The Morgan fingerprint density at radius 2 is 1.46 bits per heavy atom. The average molecular weight is 348 g/mol. The van der Waals surface area contributed by atoms with E-state index in [-0.39, 0.29) is 0 Å². The number of ether oxygens (including phenoxy) is 5. The van der Waals surface area contributed by atoms with Crippen molar-refractivity contribution in [1.82, 2.24) is 0 Å². The number of rotatable bonds is 6. The number of hydrogen-bond donors (Lipinski definition) is 1. The Balaban J connectivity index is 3.03. The normalized spacial score (nSPS) is 27.0. The van der Waals surface area contributed by atoms with Crippen LogP contribution in [-0.4, -0.2) is 66.3 Å². The Bertz CT molecular complexity index is 502. The van der Waals surface area contributed by atoms with E-state index in [1.54, 1.807) is 0 Å². The highest BCUT2D eigenvalue weighted by Crippen LogP contribution is 2.29. The molecule has 0 aromatic rings. The second kappa shape index (κ2) is 8.60. The van der Waals surface area contributed by atoms with Crippen molar-refractivity contribution in [3.8, 4) is 0 Å². The molecule has 1 heterocycles. The van der Waals surface area contributed by atoms with Crippen molar-refractivity contribution in [2.24, 2.45) is 0 Å². The predicted molar refractivity (Wildman–Crippen MR) is 74.2 cm³/mol. The van der Waals surface area contributed by atoms with Crippen molar-refractivity contribution in [3.05, 3.63) is 0 Å². The van der Waals surface area contributed by atoms with E-state index in [2.05, 4.69) is 0 Å². The van der Waals surface area contributed by atoms with Gasteiger partial charge in [-0.05, 0) is 0 Å². The number of carbonyl (C=O) groups excluding carboxylic acids is 4. The quantitative estimate of drug-likeness (QED) is 0.473. The maximum Gasteiger partial charge on any atom is 0.303 e. The molecule has 1 rings (SSSR count). The molecule has 0 unspecified atom stereocenters. The first-order valence-electron chi connectivity index (χ1n) is 7.10. The summed E-state index contributed by atoms with van der Waals surface area (Å²) in [5.74, 6) is -2.80. The minimum Gasteiger partial charge on any atom is -0.462 e. The molecule has 136 valence electrons. The molecular formula is C14H20O10. The lowest BCUT2D eigenvalue weighted by Crippen LogP contribution is -2.46. The molecule has 10 nitrogen and oxygen atoms in total. The monoisotopic (exact) mass is 348 g/mol. The van der Waals surface area contributed by atoms with Crippen LogP contribution in [0.3, 0.4) is 0 Å². The predicted octanol–water partition coefficient (Wildman–Crippen LogP) is -0.938. The van der Waals surface area contributed by atoms with Crippen LogP contribution >= 0.6 is 0 Å². The summed E-state index contributed by atoms with van der Waals surface area (Å²) in [5, 5.41) is 9.91. The number of hydrogen-bond acceptors (Lipinski definition) is 10. The van der Waals surface area contributed by atoms with Crippen LogP contribution in [0.25, 0.3) is 0 Å². The molecule has 0 aromatic heterocycles. The number of esters is 4. The van der Waals surface area contributed by atoms with Gasteiger partial charge in [-0.25, -0.2) is 0 Å². The molecule has 0 spiro atoms. The van der Waals surface area contributed by atoms with Gasteiger partial charge in [0.05, 0.1) is 0 Å². The Morgan fingerprint density at radius 3 is 1.92 bits per heavy atom. The molecule has 0 radical (unpaired) electrons. The summed E-state index contributed by atoms with van der Waals surface area (Å²) in [6.07, 6.45) is -6.55. The molecule has 0 aliphatic carbocycles. The standard InChI is InChI=1S/C14H20O10/c1-6(15)20-5-10(21-7(2)16)11-12(22-8(3)17)13(14(19)24-11)23-9(4)18/h10-14,19H,5H2,1-4H3/t10-,11+,12-,13-,14+/m1/s1. The highest BCUT2D eigenvalue weighted by atomic mass is 16.7. The first-order valence-corrected chi connectivity index (χ1v) is 7.10. The van der Waals surface area contributed by atoms with Gasteiger partial charge in [0.1, 0.15) is 12.7 Å². The summed E-state index contributed by atoms with van der Waals surface area (Å²) in [6, 6.07) is 0. The summed E-state index contributed by atoms with van der Waals surface area (Å²) in [4.78, 5) is 44.7. The summed E-state index contributed by atoms with van der Waals surface area (Å²) >= 11 is 0. The molecule has 0 amide bonds. The van der Waals surface area contributed by atoms with Crippen molar-refractivity contribution in [2.45, 2.75) is 58.4 Å². The van der Waals surface area contributed by atoms with E-state index in [4.69, 9.17) is 23.7 Å². The maximum atomic E-state index is 11.3. The van der Waals surface area contributed by atoms with E-state index in [9.17, 15) is 24.3 Å². The van der Waals surface area contributed by atoms with E-state index < -0.39 is 61.2 Å². The highest BCUT2D eigenvalue weighted by molar-refractivity contribution is 5.68. The van der Waals surface area contributed by atoms with Crippen molar-refractivity contribution in [1.29, 1.82) is 0 Å². The first kappa shape index (κ1) is 19.8. The molecule has 24 heavy (non-hydrogen) atoms. The zero-order chi connectivity index (χ0) is 18.4. The first-order chi connectivity index (χ1) is 11.1. The van der Waals surface area contributed by atoms with Crippen LogP contribution in [0.5, 0.6) is 0 Å². The number of carbonyl (C=O) groups is 4. The van der Waals surface area contributed by atoms with E-state index in [0.717, 1.165) is 27.7 Å². The third-order valence-corrected chi connectivity index (χ3v) is 2.96. The molecule has 1 N–H and O–H groups in total. The van der Waals surface area contributed by atoms with Gasteiger partial charge in [0.2, 0.25) is 0 Å². The lowest BCUT2D eigenvalue weighted by molar-refractivity contribution is -0.184. The molecule has 5 atom stereocenters. The van der Waals surface area contributed by atoms with Crippen molar-refractivity contribution in [3.63, 3.8) is 0 Å². The van der Waals surface area contributed by atoms with Crippen molar-refractivity contribution < 1.29 is 48.0 Å². The van der Waals surface area contributed by atoms with Gasteiger partial charge in [0, 0.05) is 27.7 Å². The fraction of sp³-hybridized carbons (Fsp3) is 0.714. The Kier molecular flexibility index (Phi) is 7.11. The Morgan fingerprint density at radius 1 is 0.917 bits per heavy atom. The second-order valence-corrected chi connectivity index (χ2v) is 5.09. The number of aliphatic hydroxyl groups excluding tert-OH is 1. The molecule has 1 aliphatic rings. The van der Waals surface area contributed by atoms with Gasteiger partial charge in [0.25, 0.3) is 0 Å². The van der Waals surface area contributed by atoms with Crippen LogP contribution in [0.1, 0.15) is 27.7 Å². The van der Waals surface area contributed by atoms with Crippen LogP contribution in [0.15, 0.2) is 0 Å². The molecular weight excluding hydrogens is 328 g/mol. The molecule has 10 heteroatoms. The molecule has 1 aliphatic heterocycles. The SMILES string of the molecule is CC(=O)OC[C@@H](OC(C)=O)[C@@H]1O[C@H](O)[C@H](OC(C)=O)[C@@H]1OC(C)=O. The summed E-state index contributed by atoms with van der Waals surface area (Å²) in [6.45, 7) is 4.10. The number of aliphatic hydroxyl groups is 1. The highest BCUT2D eigenvalue weighted by Gasteiger charge is 2.52. The van der Waals surface area contributed by atoms with Crippen LogP contribution in [0.2, 0.25) is 0 Å². The molecule has 0 bridgehead atoms. The van der Waals surface area contributed by atoms with Gasteiger partial charge in [-0.2, -0.15) is 0 Å². The fourth-order valence-electron chi connectivity index (χ4n) is 2.22. The van der Waals surface area contributed by atoms with E-state index in [1.807, 2.05) is 0 Å². The average Bonchev–Trinajstić information content (AvgIpc) is 2.70. The van der Waals surface area contributed by atoms with Crippen LogP contribution in [-0.2, 0) is 42.9 Å². The van der Waals surface area contributed by atoms with Gasteiger partial charge < -0.3 is 28.8 Å². The van der Waals surface area contributed by atoms with Gasteiger partial charge in [-0.3, -0.25) is 19.2 Å². The minimum absolute atomic E-state index is 0.392. The van der Waals surface area contributed by atoms with E-state index >= 15 is 0 Å². The summed E-state index contributed by atoms with van der Waals surface area (Å²) in [5.41, 5.74) is 0. The zero-order valence-corrected chi connectivity index (χ0v) is 13.7. The molecule has 0 saturated carbocycles. The van der Waals surface area contributed by atoms with E-state index in [1.165, 1.54) is 0 Å². The van der Waals surface area contributed by atoms with Crippen molar-refractivity contribution >= 4 is 23.9 Å². The summed E-state index contributed by atoms with van der Waals surface area (Å²) in [7, 11) is 0. The third kappa shape index (κ3) is 5.78. The Hall–Kier alpha value is -2.20. The maximum absolute atomic E-state index is 11.3. The third-order valence-electron chi connectivity index (χ3n) is 2.96. The summed E-state index contributed by atoms with van der Waals surface area (Å²) < 4.78 is 25.0. The smallest absolute Gasteiger partial charge is 0.303 e. The van der Waals surface area contributed by atoms with E-state index in [0.29, 0.717) is 0 Å². The molecule has 1 fully saturated rings. The van der Waals surface area contributed by atoms with Gasteiger partial charge in [-0.15, -0.1) is 0 Å². The lowest BCUT2D eigenvalue weighted by atomic mass is 10.1. The molecule has 0 aromatic carbocycles. The van der Waals surface area contributed by atoms with Crippen LogP contribution < -0.4 is 0 Å². The van der Waals surface area contributed by atoms with Gasteiger partial charge in [-0.1, -0.05) is 0 Å². The largest absolute Gasteiger partial charge is 0.462 e.